The Bertz CT molecular complexity index is 2610. The van der Waals surface area contributed by atoms with E-state index < -0.39 is 0 Å². The highest BCUT2D eigenvalue weighted by atomic mass is 15.1. The van der Waals surface area contributed by atoms with Crippen LogP contribution in [0, 0.1) is 0 Å². The maximum Gasteiger partial charge on any atom is 0.139 e. The van der Waals surface area contributed by atoms with Gasteiger partial charge in [0.2, 0.25) is 0 Å². The first-order valence-electron chi connectivity index (χ1n) is 16.2. The van der Waals surface area contributed by atoms with Crippen LogP contribution in [0.5, 0.6) is 0 Å². The van der Waals surface area contributed by atoms with Gasteiger partial charge < -0.3 is 0 Å². The van der Waals surface area contributed by atoms with Gasteiger partial charge in [-0.3, -0.25) is 4.57 Å². The van der Waals surface area contributed by atoms with Crippen LogP contribution in [0.3, 0.4) is 0 Å². The lowest BCUT2D eigenvalue weighted by Gasteiger charge is -2.20. The summed E-state index contributed by atoms with van der Waals surface area (Å²) < 4.78 is 2.21. The average Bonchev–Trinajstić information content (AvgIpc) is 3.53. The molecule has 3 heteroatoms. The Morgan fingerprint density at radius 2 is 1.17 bits per heavy atom. The average molecular weight is 602 g/mol. The molecule has 3 nitrogen and oxygen atoms in total. The lowest BCUT2D eigenvalue weighted by Crippen LogP contribution is -2.03. The minimum atomic E-state index is 0.814. The van der Waals surface area contributed by atoms with Gasteiger partial charge in [0.15, 0.2) is 0 Å². The fourth-order valence-corrected chi connectivity index (χ4v) is 7.25. The first-order chi connectivity index (χ1) is 23.3. The van der Waals surface area contributed by atoms with Crippen LogP contribution in [0.4, 0.5) is 0 Å². The number of rotatable bonds is 5. The second kappa shape index (κ2) is 11.1. The monoisotopic (exact) mass is 601 g/mol. The Kier molecular flexibility index (Phi) is 6.43. The number of hydrogen-bond donors (Lipinski definition) is 0. The highest BCUT2D eigenvalue weighted by Crippen LogP contribution is 2.46. The highest BCUT2D eigenvalue weighted by molar-refractivity contribution is 6.23. The molecule has 2 aromatic heterocycles. The fourth-order valence-electron chi connectivity index (χ4n) is 7.25. The summed E-state index contributed by atoms with van der Waals surface area (Å²) in [4.78, 5) is 10.3. The minimum Gasteiger partial charge on any atom is -0.280 e. The number of fused-ring (bicyclic) bond motifs is 4. The summed E-state index contributed by atoms with van der Waals surface area (Å²) in [6, 6.07) is 56.5. The van der Waals surface area contributed by atoms with E-state index in [-0.39, 0.29) is 0 Å². The van der Waals surface area contributed by atoms with E-state index in [2.05, 4.69) is 163 Å². The number of pyridine rings is 1. The van der Waals surface area contributed by atoms with Crippen molar-refractivity contribution in [1.29, 1.82) is 0 Å². The lowest BCUT2D eigenvalue weighted by atomic mass is 9.84. The van der Waals surface area contributed by atoms with Gasteiger partial charge >= 0.3 is 0 Å². The standard InChI is InChI=1S/C44H31N3/c1-2-41-45-38-22-10-11-24-40(38)47(41)42-25-13-23-39(46-42)44-35-20-9-8-19-34(35)43(33-21-12-17-30-16-6-7-18-32(30)33)37-28-31(26-27-36(37)44)29-14-4-3-5-15-29/h3-28H,2H2,1H3. The summed E-state index contributed by atoms with van der Waals surface area (Å²) in [6.45, 7) is 2.15. The van der Waals surface area contributed by atoms with Gasteiger partial charge in [-0.25, -0.2) is 9.97 Å². The molecule has 0 unspecified atom stereocenters. The third-order valence-electron chi connectivity index (χ3n) is 9.36. The number of imidazole rings is 1. The zero-order valence-corrected chi connectivity index (χ0v) is 26.1. The maximum absolute atomic E-state index is 5.40. The first-order valence-corrected chi connectivity index (χ1v) is 16.2. The van der Waals surface area contributed by atoms with Crippen LogP contribution in [-0.4, -0.2) is 14.5 Å². The molecule has 47 heavy (non-hydrogen) atoms. The van der Waals surface area contributed by atoms with Crippen molar-refractivity contribution in [3.8, 4) is 39.3 Å². The van der Waals surface area contributed by atoms with E-state index in [9.17, 15) is 0 Å². The predicted molar refractivity (Wildman–Crippen MR) is 197 cm³/mol. The third kappa shape index (κ3) is 4.43. The maximum atomic E-state index is 5.40. The summed E-state index contributed by atoms with van der Waals surface area (Å²) >= 11 is 0. The largest absolute Gasteiger partial charge is 0.280 e. The molecular formula is C44H31N3. The van der Waals surface area contributed by atoms with Gasteiger partial charge in [-0.05, 0) is 84.9 Å². The van der Waals surface area contributed by atoms with Crippen molar-refractivity contribution in [1.82, 2.24) is 14.5 Å². The number of benzene rings is 7. The number of hydrogen-bond acceptors (Lipinski definition) is 2. The van der Waals surface area contributed by atoms with Gasteiger partial charge in [-0.1, -0.05) is 134 Å². The van der Waals surface area contributed by atoms with Gasteiger partial charge in [-0.15, -0.1) is 0 Å². The quantitative estimate of drug-likeness (QED) is 0.184. The van der Waals surface area contributed by atoms with Crippen molar-refractivity contribution in [2.45, 2.75) is 13.3 Å². The Balaban J connectivity index is 1.39. The van der Waals surface area contributed by atoms with Crippen molar-refractivity contribution < 1.29 is 0 Å². The van der Waals surface area contributed by atoms with Gasteiger partial charge in [0.1, 0.15) is 11.6 Å². The molecule has 2 heterocycles. The van der Waals surface area contributed by atoms with Gasteiger partial charge in [0.05, 0.1) is 16.7 Å². The van der Waals surface area contributed by atoms with Crippen molar-refractivity contribution in [3.63, 3.8) is 0 Å². The molecule has 0 aliphatic heterocycles. The van der Waals surface area contributed by atoms with Gasteiger partial charge in [0.25, 0.3) is 0 Å². The molecule has 0 spiro atoms. The normalized spacial score (nSPS) is 11.6. The van der Waals surface area contributed by atoms with Gasteiger partial charge in [0, 0.05) is 12.0 Å². The highest BCUT2D eigenvalue weighted by Gasteiger charge is 2.20. The lowest BCUT2D eigenvalue weighted by molar-refractivity contribution is 0.886. The Morgan fingerprint density at radius 3 is 2.02 bits per heavy atom. The number of para-hydroxylation sites is 2. The molecular weight excluding hydrogens is 571 g/mol. The van der Waals surface area contributed by atoms with Crippen LogP contribution in [0.1, 0.15) is 12.7 Å². The van der Waals surface area contributed by atoms with Crippen molar-refractivity contribution in [2.24, 2.45) is 0 Å². The molecule has 0 saturated heterocycles. The third-order valence-corrected chi connectivity index (χ3v) is 9.36. The van der Waals surface area contributed by atoms with Crippen LogP contribution in [-0.2, 0) is 6.42 Å². The fraction of sp³-hybridized carbons (Fsp3) is 0.0455. The van der Waals surface area contributed by atoms with Crippen LogP contribution < -0.4 is 0 Å². The minimum absolute atomic E-state index is 0.814. The van der Waals surface area contributed by atoms with E-state index in [1.165, 1.54) is 54.6 Å². The molecule has 0 bridgehead atoms. The van der Waals surface area contributed by atoms with E-state index >= 15 is 0 Å². The van der Waals surface area contributed by atoms with E-state index in [0.717, 1.165) is 40.4 Å². The Hall–Kier alpha value is -6.06. The second-order valence-corrected chi connectivity index (χ2v) is 12.0. The Labute approximate surface area is 273 Å². The smallest absolute Gasteiger partial charge is 0.139 e. The molecule has 7 aromatic carbocycles. The van der Waals surface area contributed by atoms with Crippen LogP contribution in [0.2, 0.25) is 0 Å². The molecule has 0 atom stereocenters. The zero-order chi connectivity index (χ0) is 31.3. The molecule has 9 rings (SSSR count). The van der Waals surface area contributed by atoms with Crippen LogP contribution in [0.15, 0.2) is 158 Å². The molecule has 0 aliphatic rings. The van der Waals surface area contributed by atoms with Crippen LogP contribution >= 0.6 is 0 Å². The summed E-state index contributed by atoms with van der Waals surface area (Å²) in [5.41, 5.74) is 9.03. The molecule has 0 radical (unpaired) electrons. The zero-order valence-electron chi connectivity index (χ0n) is 26.1. The topological polar surface area (TPSA) is 30.7 Å². The summed E-state index contributed by atoms with van der Waals surface area (Å²) in [6.07, 6.45) is 0.814. The number of aromatic nitrogens is 3. The number of aryl methyl sites for hydroxylation is 1. The molecule has 0 amide bonds. The summed E-state index contributed by atoms with van der Waals surface area (Å²) in [5, 5.41) is 7.28. The molecule has 0 aliphatic carbocycles. The predicted octanol–water partition coefficient (Wildman–Crippen LogP) is 11.4. The number of nitrogens with zero attached hydrogens (tertiary/aromatic N) is 3. The second-order valence-electron chi connectivity index (χ2n) is 12.0. The Morgan fingerprint density at radius 1 is 0.489 bits per heavy atom. The molecule has 0 fully saturated rings. The van der Waals surface area contributed by atoms with E-state index in [4.69, 9.17) is 9.97 Å². The SMILES string of the molecule is CCc1nc2ccccc2n1-c1cccc(-c2c3ccccc3c(-c3cccc4ccccc34)c3cc(-c4ccccc4)ccc23)n1. The van der Waals surface area contributed by atoms with Gasteiger partial charge in [-0.2, -0.15) is 0 Å². The van der Waals surface area contributed by atoms with Crippen LogP contribution in [0.25, 0.3) is 82.7 Å². The van der Waals surface area contributed by atoms with E-state index in [1.54, 1.807) is 0 Å². The summed E-state index contributed by atoms with van der Waals surface area (Å²) in [7, 11) is 0. The molecule has 222 valence electrons. The van der Waals surface area contributed by atoms with E-state index in [0.29, 0.717) is 0 Å². The van der Waals surface area contributed by atoms with E-state index in [1.807, 2.05) is 6.07 Å². The first kappa shape index (κ1) is 27.3. The van der Waals surface area contributed by atoms with Crippen molar-refractivity contribution in [3.05, 3.63) is 164 Å². The summed E-state index contributed by atoms with van der Waals surface area (Å²) in [5.74, 6) is 1.88. The van der Waals surface area contributed by atoms with Crippen molar-refractivity contribution in [2.75, 3.05) is 0 Å². The molecule has 9 aromatic rings. The molecule has 0 N–H and O–H groups in total. The van der Waals surface area contributed by atoms with Crippen molar-refractivity contribution >= 4 is 43.4 Å². The molecule has 0 saturated carbocycles.